The summed E-state index contributed by atoms with van der Waals surface area (Å²) in [7, 11) is -3.08. The molecule has 0 saturated heterocycles. The molecule has 4 N–H and O–H groups in total. The Morgan fingerprint density at radius 1 is 1.40 bits per heavy atom. The molecule has 10 heteroatoms. The minimum absolute atomic E-state index is 0.0432. The van der Waals surface area contributed by atoms with Gasteiger partial charge >= 0.3 is 16.3 Å². The fraction of sp³-hybridized carbons (Fsp3) is 0.200. The van der Waals surface area contributed by atoms with Gasteiger partial charge in [-0.3, -0.25) is 4.72 Å². The van der Waals surface area contributed by atoms with Crippen LogP contribution in [-0.4, -0.2) is 33.2 Å². The number of amides is 1. The van der Waals surface area contributed by atoms with Crippen LogP contribution in [0.15, 0.2) is 24.3 Å². The van der Waals surface area contributed by atoms with E-state index >= 15 is 0 Å². The topological polar surface area (TPSA) is 120 Å². The van der Waals surface area contributed by atoms with E-state index in [1.165, 1.54) is 12.1 Å². The highest BCUT2D eigenvalue weighted by Gasteiger charge is 2.16. The maximum Gasteiger partial charge on any atom is 0.422 e. The molecule has 0 bridgehead atoms. The Morgan fingerprint density at radius 3 is 2.65 bits per heavy atom. The Bertz CT molecular complexity index is 603. The standard InChI is InChI=1S/C10H13N3O5S2/c1-17-10(14)13-20(15,16)12-7-4-2-3-5-8(7)18-6-9(11)19/h2-5,12H,6H2,1H3,(H2,11,19)(H,13,14). The second kappa shape index (κ2) is 6.91. The number of rotatable bonds is 6. The molecule has 0 aliphatic carbocycles. The first kappa shape index (κ1) is 16.0. The summed E-state index contributed by atoms with van der Waals surface area (Å²) in [5, 5.41) is 0. The number of ether oxygens (including phenoxy) is 2. The molecule has 0 saturated carbocycles. The monoisotopic (exact) mass is 319 g/mol. The number of hydrogen-bond acceptors (Lipinski definition) is 6. The third-order valence-corrected chi connectivity index (χ3v) is 2.95. The minimum atomic E-state index is -4.13. The molecule has 0 aromatic heterocycles. The van der Waals surface area contributed by atoms with Crippen molar-refractivity contribution in [3.05, 3.63) is 24.3 Å². The Kier molecular flexibility index (Phi) is 5.53. The van der Waals surface area contributed by atoms with Crippen molar-refractivity contribution in [3.63, 3.8) is 0 Å². The van der Waals surface area contributed by atoms with Crippen molar-refractivity contribution in [3.8, 4) is 5.75 Å². The second-order valence-corrected chi connectivity index (χ2v) is 5.39. The van der Waals surface area contributed by atoms with Crippen LogP contribution in [-0.2, 0) is 14.9 Å². The average Bonchev–Trinajstić information content (AvgIpc) is 2.36. The molecule has 0 fully saturated rings. The summed E-state index contributed by atoms with van der Waals surface area (Å²) in [4.78, 5) is 11.0. The molecule has 0 unspecified atom stereocenters. The van der Waals surface area contributed by atoms with E-state index in [2.05, 4.69) is 21.7 Å². The first-order chi connectivity index (χ1) is 9.34. The Hall–Kier alpha value is -2.07. The number of methoxy groups -OCH3 is 1. The van der Waals surface area contributed by atoms with Crippen molar-refractivity contribution >= 4 is 39.2 Å². The van der Waals surface area contributed by atoms with Crippen LogP contribution in [0, 0.1) is 0 Å². The quantitative estimate of drug-likeness (QED) is 0.648. The van der Waals surface area contributed by atoms with E-state index in [4.69, 9.17) is 10.5 Å². The summed E-state index contributed by atoms with van der Waals surface area (Å²) in [6, 6.07) is 6.20. The second-order valence-electron chi connectivity index (χ2n) is 3.45. The van der Waals surface area contributed by atoms with Crippen LogP contribution in [0.3, 0.4) is 0 Å². The lowest BCUT2D eigenvalue weighted by Gasteiger charge is -2.13. The maximum absolute atomic E-state index is 11.6. The zero-order valence-electron chi connectivity index (χ0n) is 10.5. The molecular weight excluding hydrogens is 306 g/mol. The maximum atomic E-state index is 11.6. The summed E-state index contributed by atoms with van der Waals surface area (Å²) in [6.07, 6.45) is -1.11. The molecule has 20 heavy (non-hydrogen) atoms. The molecule has 110 valence electrons. The number of para-hydroxylation sites is 2. The number of nitrogens with two attached hydrogens (primary N) is 1. The van der Waals surface area contributed by atoms with Crippen LogP contribution in [0.2, 0.25) is 0 Å². The lowest BCUT2D eigenvalue weighted by atomic mass is 10.3. The number of hydrogen-bond donors (Lipinski definition) is 3. The predicted octanol–water partition coefficient (Wildman–Crippen LogP) is 0.364. The van der Waals surface area contributed by atoms with Crippen molar-refractivity contribution in [2.24, 2.45) is 5.73 Å². The molecule has 0 spiro atoms. The van der Waals surface area contributed by atoms with Gasteiger partial charge in [0.05, 0.1) is 12.8 Å². The third kappa shape index (κ3) is 5.28. The summed E-state index contributed by atoms with van der Waals surface area (Å²) < 4.78 is 36.5. The highest BCUT2D eigenvalue weighted by molar-refractivity contribution is 7.91. The predicted molar refractivity (Wildman–Crippen MR) is 76.8 cm³/mol. The first-order valence-corrected chi connectivity index (χ1v) is 7.12. The molecule has 0 heterocycles. The van der Waals surface area contributed by atoms with Gasteiger partial charge in [-0.2, -0.15) is 8.42 Å². The van der Waals surface area contributed by atoms with Gasteiger partial charge in [-0.05, 0) is 12.1 Å². The van der Waals surface area contributed by atoms with Crippen molar-refractivity contribution in [2.45, 2.75) is 0 Å². The van der Waals surface area contributed by atoms with Crippen molar-refractivity contribution in [1.82, 2.24) is 4.72 Å². The number of nitrogens with one attached hydrogen (secondary N) is 2. The van der Waals surface area contributed by atoms with Gasteiger partial charge in [-0.25, -0.2) is 9.52 Å². The number of carbonyl (C=O) groups is 1. The lowest BCUT2D eigenvalue weighted by molar-refractivity contribution is 0.177. The van der Waals surface area contributed by atoms with E-state index in [0.717, 1.165) is 7.11 Å². The highest BCUT2D eigenvalue weighted by Crippen LogP contribution is 2.24. The summed E-state index contributed by atoms with van der Waals surface area (Å²) >= 11 is 4.66. The smallest absolute Gasteiger partial charge is 0.422 e. The van der Waals surface area contributed by atoms with E-state index < -0.39 is 16.3 Å². The Labute approximate surface area is 121 Å². The van der Waals surface area contributed by atoms with Gasteiger partial charge in [0.25, 0.3) is 0 Å². The molecule has 1 amide bonds. The summed E-state index contributed by atoms with van der Waals surface area (Å²) in [5.41, 5.74) is 5.42. The van der Waals surface area contributed by atoms with Crippen LogP contribution < -0.4 is 19.9 Å². The lowest BCUT2D eigenvalue weighted by Crippen LogP contribution is -2.35. The molecule has 0 aliphatic rings. The molecule has 1 aromatic rings. The Morgan fingerprint density at radius 2 is 2.05 bits per heavy atom. The Balaban J connectivity index is 2.86. The van der Waals surface area contributed by atoms with E-state index in [-0.39, 0.29) is 23.0 Å². The van der Waals surface area contributed by atoms with E-state index in [0.29, 0.717) is 0 Å². The van der Waals surface area contributed by atoms with Gasteiger partial charge in [-0.15, -0.1) is 0 Å². The molecule has 8 nitrogen and oxygen atoms in total. The molecule has 1 aromatic carbocycles. The van der Waals surface area contributed by atoms with Gasteiger partial charge < -0.3 is 15.2 Å². The largest absolute Gasteiger partial charge is 0.484 e. The number of thiocarbonyl (C=S) groups is 1. The number of benzene rings is 1. The highest BCUT2D eigenvalue weighted by atomic mass is 32.2. The van der Waals surface area contributed by atoms with Crippen LogP contribution in [0.5, 0.6) is 5.75 Å². The van der Waals surface area contributed by atoms with Gasteiger partial charge in [0.15, 0.2) is 0 Å². The van der Waals surface area contributed by atoms with Crippen LogP contribution in [0.1, 0.15) is 0 Å². The van der Waals surface area contributed by atoms with Crippen LogP contribution in [0.4, 0.5) is 10.5 Å². The molecule has 0 atom stereocenters. The molecule has 1 rings (SSSR count). The van der Waals surface area contributed by atoms with Gasteiger partial charge in [-0.1, -0.05) is 24.4 Å². The van der Waals surface area contributed by atoms with Crippen LogP contribution in [0.25, 0.3) is 0 Å². The fourth-order valence-corrected chi connectivity index (χ4v) is 2.02. The van der Waals surface area contributed by atoms with Gasteiger partial charge in [0.1, 0.15) is 17.3 Å². The number of carbonyl (C=O) groups excluding carboxylic acids is 1. The number of anilines is 1. The van der Waals surface area contributed by atoms with Gasteiger partial charge in [0, 0.05) is 0 Å². The van der Waals surface area contributed by atoms with Crippen molar-refractivity contribution in [1.29, 1.82) is 0 Å². The van der Waals surface area contributed by atoms with Crippen LogP contribution >= 0.6 is 12.2 Å². The summed E-state index contributed by atoms with van der Waals surface area (Å²) in [6.45, 7) is -0.0432. The zero-order valence-corrected chi connectivity index (χ0v) is 12.1. The molecular formula is C10H13N3O5S2. The first-order valence-electron chi connectivity index (χ1n) is 5.22. The molecule has 0 aliphatic heterocycles. The van der Waals surface area contributed by atoms with Crippen molar-refractivity contribution < 1.29 is 22.7 Å². The normalized spacial score (nSPS) is 10.4. The SMILES string of the molecule is COC(=O)NS(=O)(=O)Nc1ccccc1OCC(N)=S. The van der Waals surface area contributed by atoms with Crippen molar-refractivity contribution in [2.75, 3.05) is 18.4 Å². The minimum Gasteiger partial charge on any atom is -0.484 e. The third-order valence-electron chi connectivity index (χ3n) is 1.90. The fourth-order valence-electron chi connectivity index (χ4n) is 1.15. The molecule has 0 radical (unpaired) electrons. The van der Waals surface area contributed by atoms with Gasteiger partial charge in [0.2, 0.25) is 0 Å². The summed E-state index contributed by atoms with van der Waals surface area (Å²) in [5.74, 6) is 0.218. The van der Waals surface area contributed by atoms with E-state index in [1.54, 1.807) is 16.9 Å². The van der Waals surface area contributed by atoms with E-state index in [9.17, 15) is 13.2 Å². The van der Waals surface area contributed by atoms with E-state index in [1.807, 2.05) is 0 Å². The average molecular weight is 319 g/mol. The zero-order chi connectivity index (χ0) is 15.2.